The van der Waals surface area contributed by atoms with Crippen molar-refractivity contribution >= 4 is 15.0 Å². The van der Waals surface area contributed by atoms with Gasteiger partial charge in [-0.1, -0.05) is 0 Å². The molecule has 0 radical (unpaired) electrons. The fraction of sp³-hybridized carbons (Fsp3) is 0.556. The zero-order valence-electron chi connectivity index (χ0n) is 9.58. The standard InChI is InChI=1S/C9H11N5O4Se/c10-13-12-6-7(17)4(3-15)19-8(6)14-2-1-5(16)11-9(14)18/h1-2,4,6-8,15,17H,3H2,(H,11,16,18)/t4-,6+,7-,8-/m1/s1. The molecule has 4 atom stereocenters. The number of H-pyrrole nitrogens is 1. The van der Waals surface area contributed by atoms with Crippen molar-refractivity contribution in [1.82, 2.24) is 9.55 Å². The van der Waals surface area contributed by atoms with Crippen molar-refractivity contribution in [2.75, 3.05) is 6.61 Å². The molecule has 10 heteroatoms. The van der Waals surface area contributed by atoms with Crippen molar-refractivity contribution < 1.29 is 10.2 Å². The van der Waals surface area contributed by atoms with Crippen molar-refractivity contribution in [1.29, 1.82) is 0 Å². The van der Waals surface area contributed by atoms with Crippen LogP contribution in [-0.2, 0) is 0 Å². The minimum absolute atomic E-state index is 0.243. The maximum atomic E-state index is 11.7. The van der Waals surface area contributed by atoms with Crippen LogP contribution in [0.3, 0.4) is 0 Å². The summed E-state index contributed by atoms with van der Waals surface area (Å²) in [6.07, 6.45) is 0.310. The van der Waals surface area contributed by atoms with Crippen molar-refractivity contribution in [3.05, 3.63) is 43.5 Å². The second-order valence-electron chi connectivity index (χ2n) is 3.95. The van der Waals surface area contributed by atoms with E-state index in [0.29, 0.717) is 0 Å². The Bertz CT molecular complexity index is 622. The first-order valence-electron chi connectivity index (χ1n) is 5.38. The van der Waals surface area contributed by atoms with E-state index in [4.69, 9.17) is 5.53 Å². The fourth-order valence-corrected chi connectivity index (χ4v) is 4.94. The molecule has 1 fully saturated rings. The molecule has 3 N–H and O–H groups in total. The Hall–Kier alpha value is -1.57. The molecule has 9 nitrogen and oxygen atoms in total. The van der Waals surface area contributed by atoms with E-state index in [-0.39, 0.29) is 21.6 Å². The second kappa shape index (κ2) is 5.60. The molecule has 2 rings (SSSR count). The predicted molar refractivity (Wildman–Crippen MR) is 65.9 cm³/mol. The summed E-state index contributed by atoms with van der Waals surface area (Å²) in [5.41, 5.74) is 7.38. The molecule has 0 saturated carbocycles. The van der Waals surface area contributed by atoms with Gasteiger partial charge in [-0.05, 0) is 0 Å². The van der Waals surface area contributed by atoms with Crippen LogP contribution >= 0.6 is 0 Å². The molecule has 102 valence electrons. The molecule has 2 heterocycles. The number of aliphatic hydroxyl groups excluding tert-OH is 2. The molecule has 0 bridgehead atoms. The number of aromatic nitrogens is 2. The third kappa shape index (κ3) is 2.58. The van der Waals surface area contributed by atoms with Gasteiger partial charge in [0.1, 0.15) is 0 Å². The van der Waals surface area contributed by atoms with E-state index in [1.807, 2.05) is 0 Å². The maximum absolute atomic E-state index is 11.7. The van der Waals surface area contributed by atoms with Gasteiger partial charge < -0.3 is 0 Å². The van der Waals surface area contributed by atoms with Gasteiger partial charge in [-0.2, -0.15) is 0 Å². The summed E-state index contributed by atoms with van der Waals surface area (Å²) in [6, 6.07) is 0.356. The molecule has 0 aromatic carbocycles. The van der Waals surface area contributed by atoms with Gasteiger partial charge >= 0.3 is 112 Å². The Kier molecular flexibility index (Phi) is 4.08. The van der Waals surface area contributed by atoms with E-state index < -0.39 is 33.2 Å². The molecule has 1 saturated heterocycles. The van der Waals surface area contributed by atoms with Crippen molar-refractivity contribution in [2.24, 2.45) is 5.11 Å². The van der Waals surface area contributed by atoms with Crippen molar-refractivity contribution in [2.45, 2.75) is 21.9 Å². The van der Waals surface area contributed by atoms with E-state index in [1.54, 1.807) is 0 Å². The van der Waals surface area contributed by atoms with Crippen LogP contribution in [0, 0.1) is 0 Å². The van der Waals surface area contributed by atoms with Crippen LogP contribution in [0.25, 0.3) is 10.4 Å². The normalized spacial score (nSPS) is 30.0. The summed E-state index contributed by atoms with van der Waals surface area (Å²) >= 11 is -0.338. The first kappa shape index (κ1) is 13.9. The summed E-state index contributed by atoms with van der Waals surface area (Å²) in [7, 11) is 0. The third-order valence-electron chi connectivity index (χ3n) is 2.83. The van der Waals surface area contributed by atoms with Crippen LogP contribution in [0.1, 0.15) is 4.94 Å². The average molecular weight is 332 g/mol. The minimum atomic E-state index is -0.996. The number of azide groups is 1. The molecule has 1 aliphatic heterocycles. The molecular weight excluding hydrogens is 321 g/mol. The van der Waals surface area contributed by atoms with Gasteiger partial charge in [-0.3, -0.25) is 0 Å². The summed E-state index contributed by atoms with van der Waals surface area (Å²) in [5, 5.41) is 22.6. The molecule has 1 aromatic rings. The quantitative estimate of drug-likeness (QED) is 0.270. The number of aliphatic hydroxyl groups is 2. The van der Waals surface area contributed by atoms with Crippen LogP contribution < -0.4 is 11.2 Å². The molecule has 1 aliphatic rings. The number of rotatable bonds is 3. The van der Waals surface area contributed by atoms with Crippen LogP contribution in [0.15, 0.2) is 27.0 Å². The fourth-order valence-electron chi connectivity index (χ4n) is 1.92. The molecule has 19 heavy (non-hydrogen) atoms. The van der Waals surface area contributed by atoms with Gasteiger partial charge in [-0.15, -0.1) is 0 Å². The number of nitrogens with zero attached hydrogens (tertiary/aromatic N) is 4. The van der Waals surface area contributed by atoms with Gasteiger partial charge in [0, 0.05) is 0 Å². The molecule has 0 amide bonds. The Morgan fingerprint density at radius 2 is 2.32 bits per heavy atom. The summed E-state index contributed by atoms with van der Waals surface area (Å²) in [6.45, 7) is -0.243. The van der Waals surface area contributed by atoms with E-state index in [9.17, 15) is 19.8 Å². The van der Waals surface area contributed by atoms with Crippen LogP contribution in [0.2, 0.25) is 4.82 Å². The van der Waals surface area contributed by atoms with Crippen LogP contribution in [0.4, 0.5) is 0 Å². The molecule has 0 spiro atoms. The van der Waals surface area contributed by atoms with E-state index in [1.165, 1.54) is 16.8 Å². The van der Waals surface area contributed by atoms with Crippen molar-refractivity contribution in [3.8, 4) is 0 Å². The van der Waals surface area contributed by atoms with Gasteiger partial charge in [0.05, 0.1) is 0 Å². The zero-order valence-corrected chi connectivity index (χ0v) is 11.3. The second-order valence-corrected chi connectivity index (χ2v) is 6.81. The summed E-state index contributed by atoms with van der Waals surface area (Å²) < 4.78 is 1.24. The van der Waals surface area contributed by atoms with Gasteiger partial charge in [0.2, 0.25) is 0 Å². The van der Waals surface area contributed by atoms with Crippen LogP contribution in [0.5, 0.6) is 0 Å². The number of nitrogens with one attached hydrogen (secondary N) is 1. The Morgan fingerprint density at radius 3 is 2.89 bits per heavy atom. The monoisotopic (exact) mass is 333 g/mol. The first-order valence-corrected chi connectivity index (χ1v) is 7.36. The SMILES string of the molecule is [N-]=[N+]=N[C@H]1[C@H](O)[C@@H](CO)[Se][C@H]1n1ccc(=O)[nH]c1=O. The average Bonchev–Trinajstić information content (AvgIpc) is 2.68. The van der Waals surface area contributed by atoms with E-state index >= 15 is 0 Å². The number of hydrogen-bond acceptors (Lipinski definition) is 5. The summed E-state index contributed by atoms with van der Waals surface area (Å²) in [4.78, 5) is 26.6. The Labute approximate surface area is 112 Å². The van der Waals surface area contributed by atoms with E-state index in [0.717, 1.165) is 0 Å². The zero-order chi connectivity index (χ0) is 14.0. The third-order valence-corrected chi connectivity index (χ3v) is 6.11. The van der Waals surface area contributed by atoms with Crippen molar-refractivity contribution in [3.63, 3.8) is 0 Å². The Morgan fingerprint density at radius 1 is 1.58 bits per heavy atom. The molecule has 1 aromatic heterocycles. The Balaban J connectivity index is 2.44. The van der Waals surface area contributed by atoms with E-state index in [2.05, 4.69) is 15.0 Å². The van der Waals surface area contributed by atoms with Gasteiger partial charge in [-0.25, -0.2) is 0 Å². The van der Waals surface area contributed by atoms with Crippen LogP contribution in [-0.4, -0.2) is 53.5 Å². The topological polar surface area (TPSA) is 144 Å². The molecule has 0 aliphatic carbocycles. The number of hydrogen-bond donors (Lipinski definition) is 3. The predicted octanol–water partition coefficient (Wildman–Crippen LogP) is -1.43. The van der Waals surface area contributed by atoms with Gasteiger partial charge in [0.15, 0.2) is 0 Å². The molecule has 0 unspecified atom stereocenters. The molecular formula is C9H11N5O4Se. The summed E-state index contributed by atoms with van der Waals surface area (Å²) in [5.74, 6) is 0. The number of aromatic amines is 1. The first-order chi connectivity index (χ1) is 9.08. The van der Waals surface area contributed by atoms with Gasteiger partial charge in [0.25, 0.3) is 0 Å².